The third-order valence-electron chi connectivity index (χ3n) is 3.98. The van der Waals surface area contributed by atoms with Crippen molar-refractivity contribution in [3.05, 3.63) is 82.9 Å². The van der Waals surface area contributed by atoms with Crippen molar-refractivity contribution >= 4 is 11.8 Å². The lowest BCUT2D eigenvalue weighted by Crippen LogP contribution is -2.10. The molecule has 7 heteroatoms. The number of nitriles is 2. The van der Waals surface area contributed by atoms with E-state index in [0.29, 0.717) is 16.7 Å². The van der Waals surface area contributed by atoms with E-state index in [0.717, 1.165) is 17.8 Å². The number of rotatable bonds is 4. The Morgan fingerprint density at radius 2 is 1.61 bits per heavy atom. The van der Waals surface area contributed by atoms with E-state index in [2.05, 4.69) is 11.1 Å². The Labute approximate surface area is 164 Å². The third kappa shape index (κ3) is 4.16. The highest BCUT2D eigenvalue weighted by molar-refractivity contribution is 7.98. The molecule has 0 aliphatic carbocycles. The van der Waals surface area contributed by atoms with Crippen LogP contribution in [-0.4, -0.2) is 4.98 Å². The fraction of sp³-hybridized carbons (Fsp3) is 0.0952. The summed E-state index contributed by atoms with van der Waals surface area (Å²) in [6.07, 6.45) is -4.68. The van der Waals surface area contributed by atoms with Gasteiger partial charge in [-0.05, 0) is 17.7 Å². The maximum absolute atomic E-state index is 13.6. The van der Waals surface area contributed by atoms with Crippen molar-refractivity contribution in [2.45, 2.75) is 17.0 Å². The molecule has 0 bridgehead atoms. The first kappa shape index (κ1) is 19.5. The Kier molecular flexibility index (Phi) is 5.67. The minimum Gasteiger partial charge on any atom is -0.240 e. The zero-order chi connectivity index (χ0) is 20.1. The van der Waals surface area contributed by atoms with Crippen molar-refractivity contribution in [3.63, 3.8) is 0 Å². The zero-order valence-electron chi connectivity index (χ0n) is 14.4. The SMILES string of the molecule is N#Cc1ccccc1CSc1nc(-c2ccccc2)cc(C(F)(F)F)c1C#N. The van der Waals surface area contributed by atoms with Crippen LogP contribution in [0.15, 0.2) is 65.7 Å². The van der Waals surface area contributed by atoms with Gasteiger partial charge in [-0.25, -0.2) is 4.98 Å². The summed E-state index contributed by atoms with van der Waals surface area (Å²) in [5.74, 6) is 0.223. The maximum atomic E-state index is 13.6. The minimum absolute atomic E-state index is 0.0103. The summed E-state index contributed by atoms with van der Waals surface area (Å²) in [5.41, 5.74) is 0.245. The van der Waals surface area contributed by atoms with Gasteiger partial charge in [0.1, 0.15) is 11.1 Å². The summed E-state index contributed by atoms with van der Waals surface area (Å²) in [4.78, 5) is 4.32. The molecule has 0 unspecified atom stereocenters. The topological polar surface area (TPSA) is 60.5 Å². The van der Waals surface area contributed by atoms with Gasteiger partial charge >= 0.3 is 6.18 Å². The number of thioether (sulfide) groups is 1. The van der Waals surface area contributed by atoms with Crippen molar-refractivity contribution < 1.29 is 13.2 Å². The van der Waals surface area contributed by atoms with Gasteiger partial charge in [-0.2, -0.15) is 23.7 Å². The summed E-state index contributed by atoms with van der Waals surface area (Å²) < 4.78 is 40.7. The number of nitrogens with zero attached hydrogens (tertiary/aromatic N) is 3. The summed E-state index contributed by atoms with van der Waals surface area (Å²) in [7, 11) is 0. The first-order chi connectivity index (χ1) is 13.4. The maximum Gasteiger partial charge on any atom is 0.417 e. The Hall–Kier alpha value is -3.29. The zero-order valence-corrected chi connectivity index (χ0v) is 15.2. The van der Waals surface area contributed by atoms with Crippen LogP contribution < -0.4 is 0 Å². The smallest absolute Gasteiger partial charge is 0.240 e. The van der Waals surface area contributed by atoms with Gasteiger partial charge in [0.2, 0.25) is 0 Å². The lowest BCUT2D eigenvalue weighted by Gasteiger charge is -2.14. The molecule has 0 saturated heterocycles. The van der Waals surface area contributed by atoms with Crippen molar-refractivity contribution in [2.24, 2.45) is 0 Å². The van der Waals surface area contributed by atoms with Gasteiger partial charge in [-0.15, -0.1) is 11.8 Å². The lowest BCUT2D eigenvalue weighted by atomic mass is 10.1. The summed E-state index contributed by atoms with van der Waals surface area (Å²) in [6, 6.07) is 19.9. The van der Waals surface area contributed by atoms with Crippen molar-refractivity contribution in [3.8, 4) is 23.4 Å². The molecule has 0 saturated carbocycles. The molecule has 0 spiro atoms. The number of pyridine rings is 1. The molecular formula is C21H12F3N3S. The Balaban J connectivity index is 2.08. The van der Waals surface area contributed by atoms with Gasteiger partial charge in [0.25, 0.3) is 0 Å². The quantitative estimate of drug-likeness (QED) is 0.524. The van der Waals surface area contributed by atoms with Crippen LogP contribution in [0.5, 0.6) is 0 Å². The van der Waals surface area contributed by atoms with E-state index in [9.17, 15) is 23.7 Å². The Morgan fingerprint density at radius 1 is 0.929 bits per heavy atom. The molecule has 0 aliphatic heterocycles. The molecule has 3 aromatic rings. The number of halogens is 3. The highest BCUT2D eigenvalue weighted by Gasteiger charge is 2.36. The van der Waals surface area contributed by atoms with Crippen molar-refractivity contribution in [1.82, 2.24) is 4.98 Å². The van der Waals surface area contributed by atoms with Crippen LogP contribution in [0.4, 0.5) is 13.2 Å². The molecule has 0 N–H and O–H groups in total. The van der Waals surface area contributed by atoms with Gasteiger partial charge in [0.05, 0.1) is 28.5 Å². The fourth-order valence-electron chi connectivity index (χ4n) is 2.62. The molecule has 138 valence electrons. The molecule has 0 aliphatic rings. The minimum atomic E-state index is -4.68. The van der Waals surface area contributed by atoms with E-state index in [1.54, 1.807) is 60.7 Å². The molecule has 0 fully saturated rings. The highest BCUT2D eigenvalue weighted by Crippen LogP contribution is 2.38. The van der Waals surface area contributed by atoms with Gasteiger partial charge in [-0.3, -0.25) is 0 Å². The number of aromatic nitrogens is 1. The molecule has 0 amide bonds. The standard InChI is InChI=1S/C21H12F3N3S/c22-21(23,24)18-10-19(14-6-2-1-3-7-14)27-20(17(18)12-26)28-13-16-9-5-4-8-15(16)11-25/h1-10H,13H2. The third-order valence-corrected chi connectivity index (χ3v) is 5.00. The summed E-state index contributed by atoms with van der Waals surface area (Å²) in [6.45, 7) is 0. The van der Waals surface area contributed by atoms with E-state index in [4.69, 9.17) is 0 Å². The van der Waals surface area contributed by atoms with Gasteiger partial charge in [0, 0.05) is 11.3 Å². The number of hydrogen-bond acceptors (Lipinski definition) is 4. The molecule has 2 aromatic carbocycles. The predicted octanol–water partition coefficient (Wildman–Crippen LogP) is 5.80. The van der Waals surface area contributed by atoms with Crippen LogP contribution in [0.1, 0.15) is 22.3 Å². The number of benzene rings is 2. The molecule has 1 heterocycles. The molecule has 3 nitrogen and oxygen atoms in total. The van der Waals surface area contributed by atoms with E-state index in [-0.39, 0.29) is 16.5 Å². The molecular weight excluding hydrogens is 383 g/mol. The van der Waals surface area contributed by atoms with Crippen molar-refractivity contribution in [2.75, 3.05) is 0 Å². The second kappa shape index (κ2) is 8.16. The number of alkyl halides is 3. The Bertz CT molecular complexity index is 1080. The van der Waals surface area contributed by atoms with Crippen LogP contribution >= 0.6 is 11.8 Å². The van der Waals surface area contributed by atoms with Crippen LogP contribution in [0.3, 0.4) is 0 Å². The number of hydrogen-bond donors (Lipinski definition) is 0. The average molecular weight is 395 g/mol. The second-order valence-corrected chi connectivity index (χ2v) is 6.73. The van der Waals surface area contributed by atoms with Gasteiger partial charge in [-0.1, -0.05) is 48.5 Å². The van der Waals surface area contributed by atoms with Crippen LogP contribution in [0.2, 0.25) is 0 Å². The van der Waals surface area contributed by atoms with E-state index < -0.39 is 17.3 Å². The van der Waals surface area contributed by atoms with Crippen LogP contribution in [0, 0.1) is 22.7 Å². The molecule has 1 aromatic heterocycles. The Morgan fingerprint density at radius 3 is 2.25 bits per heavy atom. The van der Waals surface area contributed by atoms with Crippen molar-refractivity contribution in [1.29, 1.82) is 10.5 Å². The fourth-order valence-corrected chi connectivity index (χ4v) is 3.62. The van der Waals surface area contributed by atoms with E-state index in [1.165, 1.54) is 0 Å². The highest BCUT2D eigenvalue weighted by atomic mass is 32.2. The molecule has 28 heavy (non-hydrogen) atoms. The second-order valence-electron chi connectivity index (χ2n) is 5.77. The van der Waals surface area contributed by atoms with Crippen LogP contribution in [-0.2, 0) is 11.9 Å². The van der Waals surface area contributed by atoms with Crippen LogP contribution in [0.25, 0.3) is 11.3 Å². The summed E-state index contributed by atoms with van der Waals surface area (Å²) in [5, 5.41) is 18.5. The normalized spacial score (nSPS) is 10.9. The van der Waals surface area contributed by atoms with E-state index in [1.807, 2.05) is 0 Å². The average Bonchev–Trinajstić information content (AvgIpc) is 2.71. The van der Waals surface area contributed by atoms with Gasteiger partial charge < -0.3 is 0 Å². The van der Waals surface area contributed by atoms with Gasteiger partial charge in [0.15, 0.2) is 0 Å². The van der Waals surface area contributed by atoms with E-state index >= 15 is 0 Å². The molecule has 3 rings (SSSR count). The first-order valence-corrected chi connectivity index (χ1v) is 9.11. The largest absolute Gasteiger partial charge is 0.417 e. The lowest BCUT2D eigenvalue weighted by molar-refractivity contribution is -0.138. The summed E-state index contributed by atoms with van der Waals surface area (Å²) >= 11 is 1.01. The predicted molar refractivity (Wildman–Crippen MR) is 100 cm³/mol. The monoisotopic (exact) mass is 395 g/mol. The first-order valence-electron chi connectivity index (χ1n) is 8.12. The molecule has 0 atom stereocenters. The molecule has 0 radical (unpaired) electrons.